The van der Waals surface area contributed by atoms with Crippen LogP contribution in [-0.4, -0.2) is 10.8 Å². The van der Waals surface area contributed by atoms with E-state index in [0.717, 1.165) is 12.0 Å². The number of nitrogens with zero attached hydrogens (tertiary/aromatic N) is 1. The molecule has 122 valence electrons. The molecule has 0 bridgehead atoms. The number of benzene rings is 2. The molecule has 24 heavy (non-hydrogen) atoms. The fraction of sp³-hybridized carbons (Fsp3) is 0.158. The largest absolute Gasteiger partial charge is 0.398 e. The molecular weight excluding hydrogens is 327 g/mol. The van der Waals surface area contributed by atoms with Crippen molar-refractivity contribution < 1.29 is 9.18 Å². The molecule has 5 heteroatoms. The number of ketones is 1. The van der Waals surface area contributed by atoms with E-state index in [9.17, 15) is 9.18 Å². The summed E-state index contributed by atoms with van der Waals surface area (Å²) in [6, 6.07) is 8.42. The van der Waals surface area contributed by atoms with Crippen LogP contribution in [0.1, 0.15) is 29.8 Å². The van der Waals surface area contributed by atoms with E-state index >= 15 is 0 Å². The van der Waals surface area contributed by atoms with E-state index in [2.05, 4.69) is 4.98 Å². The van der Waals surface area contributed by atoms with Crippen LogP contribution in [0.5, 0.6) is 0 Å². The number of nitrogen functional groups attached to an aromatic ring is 1. The number of aryl methyl sites for hydroxylation is 1. The highest BCUT2D eigenvalue weighted by Gasteiger charge is 2.14. The van der Waals surface area contributed by atoms with Crippen LogP contribution in [0.3, 0.4) is 0 Å². The molecule has 0 aliphatic rings. The van der Waals surface area contributed by atoms with Gasteiger partial charge in [-0.25, -0.2) is 4.39 Å². The highest BCUT2D eigenvalue weighted by Crippen LogP contribution is 2.33. The van der Waals surface area contributed by atoms with Crippen LogP contribution in [0.4, 0.5) is 10.1 Å². The van der Waals surface area contributed by atoms with Crippen molar-refractivity contribution in [3.05, 3.63) is 58.5 Å². The number of aromatic nitrogens is 1. The summed E-state index contributed by atoms with van der Waals surface area (Å²) >= 11 is 6.14. The molecule has 0 saturated heterocycles. The molecule has 0 aliphatic carbocycles. The van der Waals surface area contributed by atoms with Gasteiger partial charge in [0.1, 0.15) is 5.82 Å². The fourth-order valence-corrected chi connectivity index (χ4v) is 3.00. The molecule has 3 nitrogen and oxygen atoms in total. The third-order valence-corrected chi connectivity index (χ3v) is 4.27. The first kappa shape index (κ1) is 16.4. The molecule has 0 amide bonds. The fourth-order valence-electron chi connectivity index (χ4n) is 2.75. The molecule has 3 aromatic rings. The lowest BCUT2D eigenvalue weighted by Gasteiger charge is -2.11. The topological polar surface area (TPSA) is 56.0 Å². The maximum atomic E-state index is 14.6. The monoisotopic (exact) mass is 342 g/mol. The molecule has 1 aromatic heterocycles. The second-order valence-corrected chi connectivity index (χ2v) is 6.13. The van der Waals surface area contributed by atoms with Crippen LogP contribution in [0.15, 0.2) is 36.5 Å². The van der Waals surface area contributed by atoms with Gasteiger partial charge < -0.3 is 5.73 Å². The molecule has 0 atom stereocenters. The number of anilines is 1. The molecule has 0 unspecified atom stereocenters. The second-order valence-electron chi connectivity index (χ2n) is 5.69. The van der Waals surface area contributed by atoms with Crippen LogP contribution in [0, 0.1) is 5.82 Å². The number of nitrogens with two attached hydrogens (primary N) is 1. The lowest BCUT2D eigenvalue weighted by Crippen LogP contribution is -2.02. The lowest BCUT2D eigenvalue weighted by molar-refractivity contribution is 0.101. The van der Waals surface area contributed by atoms with Crippen molar-refractivity contribution >= 4 is 34.0 Å². The quantitative estimate of drug-likeness (QED) is 0.678. The Balaban J connectivity index is 2.29. The third kappa shape index (κ3) is 2.85. The molecule has 2 N–H and O–H groups in total. The number of carbonyl (C=O) groups is 1. The minimum Gasteiger partial charge on any atom is -0.398 e. The molecule has 0 saturated carbocycles. The van der Waals surface area contributed by atoms with Gasteiger partial charge in [0, 0.05) is 28.2 Å². The average molecular weight is 343 g/mol. The summed E-state index contributed by atoms with van der Waals surface area (Å²) in [4.78, 5) is 15.8. The van der Waals surface area contributed by atoms with E-state index in [1.165, 1.54) is 19.2 Å². The minimum atomic E-state index is -0.408. The van der Waals surface area contributed by atoms with E-state index < -0.39 is 5.82 Å². The van der Waals surface area contributed by atoms with Gasteiger partial charge in [0.2, 0.25) is 0 Å². The third-order valence-electron chi connectivity index (χ3n) is 4.05. The van der Waals surface area contributed by atoms with Crippen molar-refractivity contribution in [1.82, 2.24) is 4.98 Å². The Bertz CT molecular complexity index is 969. The minimum absolute atomic E-state index is 0.177. The Morgan fingerprint density at radius 1 is 1.25 bits per heavy atom. The van der Waals surface area contributed by atoms with Gasteiger partial charge in [-0.05, 0) is 42.7 Å². The number of hydrogen-bond acceptors (Lipinski definition) is 3. The zero-order valence-electron chi connectivity index (χ0n) is 13.4. The number of fused-ring (bicyclic) bond motifs is 1. The van der Waals surface area contributed by atoms with Gasteiger partial charge in [0.25, 0.3) is 0 Å². The highest BCUT2D eigenvalue weighted by atomic mass is 35.5. The van der Waals surface area contributed by atoms with E-state index in [1.54, 1.807) is 12.1 Å². The SMILES string of the molecule is CCc1cc(Cl)cc(-c2cc3c(N)c(C(C)=O)cnc3cc2F)c1. The van der Waals surface area contributed by atoms with Crippen LogP contribution in [0.25, 0.3) is 22.0 Å². The molecule has 0 radical (unpaired) electrons. The number of Topliss-reactive ketones (excluding diaryl/α,β-unsaturated/α-hetero) is 1. The van der Waals surface area contributed by atoms with E-state index in [4.69, 9.17) is 17.3 Å². The summed E-state index contributed by atoms with van der Waals surface area (Å²) in [7, 11) is 0. The molecule has 2 aromatic carbocycles. The van der Waals surface area contributed by atoms with Crippen LogP contribution in [0.2, 0.25) is 5.02 Å². The molecule has 0 fully saturated rings. The first-order valence-electron chi connectivity index (χ1n) is 7.59. The molecule has 0 aliphatic heterocycles. The van der Waals surface area contributed by atoms with Crippen molar-refractivity contribution in [3.63, 3.8) is 0 Å². The number of rotatable bonds is 3. The van der Waals surface area contributed by atoms with Crippen LogP contribution >= 0.6 is 11.6 Å². The number of pyridine rings is 1. The van der Waals surface area contributed by atoms with E-state index in [-0.39, 0.29) is 5.78 Å². The van der Waals surface area contributed by atoms with Gasteiger partial charge in [0.15, 0.2) is 5.78 Å². The van der Waals surface area contributed by atoms with Crippen molar-refractivity contribution in [2.75, 3.05) is 5.73 Å². The van der Waals surface area contributed by atoms with E-state index in [1.807, 2.05) is 19.1 Å². The normalized spacial score (nSPS) is 11.0. The van der Waals surface area contributed by atoms with Gasteiger partial charge in [0.05, 0.1) is 16.8 Å². The summed E-state index contributed by atoms with van der Waals surface area (Å²) in [5, 5.41) is 1.10. The van der Waals surface area contributed by atoms with Gasteiger partial charge >= 0.3 is 0 Å². The van der Waals surface area contributed by atoms with Gasteiger partial charge in [-0.1, -0.05) is 24.6 Å². The van der Waals surface area contributed by atoms with Crippen molar-refractivity contribution in [2.45, 2.75) is 20.3 Å². The Kier molecular flexibility index (Phi) is 4.24. The standard InChI is InChI=1S/C19H16ClFN2O/c1-3-11-4-12(6-13(20)5-11)14-7-15-18(8-17(14)21)23-9-16(10(2)24)19(15)22/h4-9H,3H2,1-2H3,(H2,22,23). The number of hydrogen-bond donors (Lipinski definition) is 1. The molecular formula is C19H16ClFN2O. The summed E-state index contributed by atoms with van der Waals surface area (Å²) < 4.78 is 14.6. The zero-order chi connectivity index (χ0) is 17.4. The smallest absolute Gasteiger partial charge is 0.163 e. The molecule has 0 spiro atoms. The Morgan fingerprint density at radius 2 is 2.00 bits per heavy atom. The zero-order valence-corrected chi connectivity index (χ0v) is 14.1. The van der Waals surface area contributed by atoms with Gasteiger partial charge in [-0.3, -0.25) is 9.78 Å². The maximum Gasteiger partial charge on any atom is 0.163 e. The van der Waals surface area contributed by atoms with Crippen molar-refractivity contribution in [1.29, 1.82) is 0 Å². The Hall–Kier alpha value is -2.46. The number of carbonyl (C=O) groups excluding carboxylic acids is 1. The predicted molar refractivity (Wildman–Crippen MR) is 95.9 cm³/mol. The highest BCUT2D eigenvalue weighted by molar-refractivity contribution is 6.31. The summed E-state index contributed by atoms with van der Waals surface area (Å²) in [6.07, 6.45) is 2.18. The van der Waals surface area contributed by atoms with Gasteiger partial charge in [-0.15, -0.1) is 0 Å². The average Bonchev–Trinajstić information content (AvgIpc) is 2.53. The van der Waals surface area contributed by atoms with Gasteiger partial charge in [-0.2, -0.15) is 0 Å². The van der Waals surface area contributed by atoms with Crippen LogP contribution in [-0.2, 0) is 6.42 Å². The molecule has 1 heterocycles. The van der Waals surface area contributed by atoms with E-state index in [0.29, 0.717) is 38.3 Å². The lowest BCUT2D eigenvalue weighted by atomic mass is 9.98. The summed E-state index contributed by atoms with van der Waals surface area (Å²) in [5.41, 5.74) is 9.22. The maximum absolute atomic E-state index is 14.6. The predicted octanol–water partition coefficient (Wildman–Crippen LogP) is 5.04. The Morgan fingerprint density at radius 3 is 2.67 bits per heavy atom. The summed E-state index contributed by atoms with van der Waals surface area (Å²) in [5.74, 6) is -0.585. The number of halogens is 2. The first-order chi connectivity index (χ1) is 11.4. The van der Waals surface area contributed by atoms with Crippen molar-refractivity contribution in [2.24, 2.45) is 0 Å². The first-order valence-corrected chi connectivity index (χ1v) is 7.97. The van der Waals surface area contributed by atoms with Crippen molar-refractivity contribution in [3.8, 4) is 11.1 Å². The summed E-state index contributed by atoms with van der Waals surface area (Å²) in [6.45, 7) is 3.43. The van der Waals surface area contributed by atoms with Crippen LogP contribution < -0.4 is 5.73 Å². The molecule has 3 rings (SSSR count). The Labute approximate surface area is 144 Å². The second kappa shape index (κ2) is 6.21.